The first-order chi connectivity index (χ1) is 6.34. The number of esters is 1. The monoisotopic (exact) mass is 183 g/mol. The molecule has 0 aromatic carbocycles. The highest BCUT2D eigenvalue weighted by Gasteiger charge is 2.18. The number of carbonyl (C=O) groups is 1. The van der Waals surface area contributed by atoms with E-state index in [9.17, 15) is 4.79 Å². The lowest BCUT2D eigenvalue weighted by Crippen LogP contribution is -2.36. The van der Waals surface area contributed by atoms with Crippen LogP contribution < -0.4 is 5.32 Å². The molecule has 0 aromatic heterocycles. The molecule has 1 unspecified atom stereocenters. The molecule has 0 amide bonds. The Balaban J connectivity index is 2.18. The van der Waals surface area contributed by atoms with Crippen LogP contribution in [0.25, 0.3) is 0 Å². The fraction of sp³-hybridized carbons (Fsp3) is 0.700. The maximum Gasteiger partial charge on any atom is 0.328 e. The van der Waals surface area contributed by atoms with Crippen LogP contribution in [0, 0.1) is 0 Å². The lowest BCUT2D eigenvalue weighted by Gasteiger charge is -2.18. The number of nitrogens with one attached hydrogen (secondary N) is 1. The number of hydrogen-bond acceptors (Lipinski definition) is 3. The second-order valence-electron chi connectivity index (χ2n) is 3.22. The summed E-state index contributed by atoms with van der Waals surface area (Å²) in [6, 6.07) is -0.123. The summed E-state index contributed by atoms with van der Waals surface area (Å²) in [6.45, 7) is 2.63. The Bertz CT molecular complexity index is 189. The molecule has 0 aliphatic carbocycles. The van der Waals surface area contributed by atoms with Crippen LogP contribution in [0.2, 0.25) is 0 Å². The summed E-state index contributed by atoms with van der Waals surface area (Å²) in [5, 5.41) is 2.99. The zero-order valence-corrected chi connectivity index (χ0v) is 8.08. The zero-order chi connectivity index (χ0) is 9.52. The Hall–Kier alpha value is -0.990. The summed E-state index contributed by atoms with van der Waals surface area (Å²) in [5.74, 6) is -0.113. The molecule has 1 rings (SSSR count). The standard InChI is InChI=1S/C10H17NO2/c1-2-3-8-13-10(12)9-6-4-5-7-11-9/h5,7,9,11H,2-4,6,8H2,1H3. The highest BCUT2D eigenvalue weighted by molar-refractivity contribution is 5.76. The van der Waals surface area contributed by atoms with Crippen molar-refractivity contribution < 1.29 is 9.53 Å². The molecule has 0 saturated heterocycles. The Morgan fingerprint density at radius 1 is 1.69 bits per heavy atom. The van der Waals surface area contributed by atoms with E-state index in [2.05, 4.69) is 12.2 Å². The molecular weight excluding hydrogens is 166 g/mol. The van der Waals surface area contributed by atoms with Gasteiger partial charge in [-0.15, -0.1) is 0 Å². The molecule has 3 nitrogen and oxygen atoms in total. The third kappa shape index (κ3) is 3.49. The predicted octanol–water partition coefficient (Wildman–Crippen LogP) is 1.60. The van der Waals surface area contributed by atoms with Gasteiger partial charge in [0.1, 0.15) is 6.04 Å². The third-order valence-electron chi connectivity index (χ3n) is 2.06. The molecule has 1 N–H and O–H groups in total. The third-order valence-corrected chi connectivity index (χ3v) is 2.06. The summed E-state index contributed by atoms with van der Waals surface area (Å²) in [5.41, 5.74) is 0. The second kappa shape index (κ2) is 5.62. The van der Waals surface area contributed by atoms with Crippen molar-refractivity contribution in [3.63, 3.8) is 0 Å². The number of allylic oxidation sites excluding steroid dienone is 1. The maximum atomic E-state index is 11.4. The number of hydrogen-bond donors (Lipinski definition) is 1. The zero-order valence-electron chi connectivity index (χ0n) is 8.08. The van der Waals surface area contributed by atoms with Gasteiger partial charge in [-0.05, 0) is 25.5 Å². The molecule has 0 spiro atoms. The van der Waals surface area contributed by atoms with Gasteiger partial charge < -0.3 is 10.1 Å². The maximum absolute atomic E-state index is 11.4. The first kappa shape index (κ1) is 10.1. The summed E-state index contributed by atoms with van der Waals surface area (Å²) in [6.07, 6.45) is 7.67. The topological polar surface area (TPSA) is 38.3 Å². The number of carbonyl (C=O) groups excluding carboxylic acids is 1. The van der Waals surface area contributed by atoms with E-state index in [0.29, 0.717) is 6.61 Å². The molecule has 0 saturated carbocycles. The van der Waals surface area contributed by atoms with Gasteiger partial charge >= 0.3 is 5.97 Å². The van der Waals surface area contributed by atoms with Crippen LogP contribution in [-0.2, 0) is 9.53 Å². The van der Waals surface area contributed by atoms with Gasteiger partial charge in [0, 0.05) is 0 Å². The van der Waals surface area contributed by atoms with Crippen LogP contribution >= 0.6 is 0 Å². The van der Waals surface area contributed by atoms with Crippen LogP contribution in [0.15, 0.2) is 12.3 Å². The molecule has 1 atom stereocenters. The molecule has 0 fully saturated rings. The largest absolute Gasteiger partial charge is 0.464 e. The van der Waals surface area contributed by atoms with Crippen molar-refractivity contribution in [1.82, 2.24) is 5.32 Å². The first-order valence-electron chi connectivity index (χ1n) is 4.92. The fourth-order valence-corrected chi connectivity index (χ4v) is 1.22. The SMILES string of the molecule is CCCCOC(=O)C1CCC=CN1. The van der Waals surface area contributed by atoms with Crippen LogP contribution in [0.3, 0.4) is 0 Å². The Labute approximate surface area is 79.2 Å². The lowest BCUT2D eigenvalue weighted by atomic mass is 10.1. The smallest absolute Gasteiger partial charge is 0.328 e. The van der Waals surface area contributed by atoms with E-state index in [1.54, 1.807) is 0 Å². The average Bonchev–Trinajstić information content (AvgIpc) is 2.19. The highest BCUT2D eigenvalue weighted by atomic mass is 16.5. The van der Waals surface area contributed by atoms with Gasteiger partial charge in [-0.2, -0.15) is 0 Å². The van der Waals surface area contributed by atoms with Crippen LogP contribution in [0.1, 0.15) is 32.6 Å². The van der Waals surface area contributed by atoms with Crippen molar-refractivity contribution in [3.05, 3.63) is 12.3 Å². The van der Waals surface area contributed by atoms with E-state index in [1.807, 2.05) is 12.3 Å². The van der Waals surface area contributed by atoms with Gasteiger partial charge in [0.2, 0.25) is 0 Å². The molecule has 3 heteroatoms. The van der Waals surface area contributed by atoms with Gasteiger partial charge in [0.25, 0.3) is 0 Å². The van der Waals surface area contributed by atoms with Gasteiger partial charge in [-0.25, -0.2) is 4.79 Å². The Morgan fingerprint density at radius 3 is 3.15 bits per heavy atom. The van der Waals surface area contributed by atoms with Gasteiger partial charge in [0.05, 0.1) is 6.61 Å². The molecule has 1 aliphatic heterocycles. The van der Waals surface area contributed by atoms with Crippen molar-refractivity contribution in [2.75, 3.05) is 6.61 Å². The molecule has 0 radical (unpaired) electrons. The molecule has 0 aromatic rings. The summed E-state index contributed by atoms with van der Waals surface area (Å²) < 4.78 is 5.09. The number of rotatable bonds is 4. The Morgan fingerprint density at radius 2 is 2.54 bits per heavy atom. The van der Waals surface area contributed by atoms with Gasteiger partial charge in [-0.3, -0.25) is 0 Å². The lowest BCUT2D eigenvalue weighted by molar-refractivity contribution is -0.146. The number of ether oxygens (including phenoxy) is 1. The minimum absolute atomic E-state index is 0.113. The second-order valence-corrected chi connectivity index (χ2v) is 3.22. The minimum atomic E-state index is -0.123. The van der Waals surface area contributed by atoms with Crippen molar-refractivity contribution in [1.29, 1.82) is 0 Å². The van der Waals surface area contributed by atoms with Crippen molar-refractivity contribution in [2.45, 2.75) is 38.6 Å². The van der Waals surface area contributed by atoms with E-state index < -0.39 is 0 Å². The van der Waals surface area contributed by atoms with E-state index >= 15 is 0 Å². The van der Waals surface area contributed by atoms with E-state index in [4.69, 9.17) is 4.74 Å². The molecule has 74 valence electrons. The van der Waals surface area contributed by atoms with Crippen LogP contribution in [0.5, 0.6) is 0 Å². The minimum Gasteiger partial charge on any atom is -0.464 e. The summed E-state index contributed by atoms with van der Waals surface area (Å²) >= 11 is 0. The van der Waals surface area contributed by atoms with E-state index in [0.717, 1.165) is 25.7 Å². The molecular formula is C10H17NO2. The number of unbranched alkanes of at least 4 members (excludes halogenated alkanes) is 1. The summed E-state index contributed by atoms with van der Waals surface area (Å²) in [7, 11) is 0. The van der Waals surface area contributed by atoms with Gasteiger partial charge in [0.15, 0.2) is 0 Å². The van der Waals surface area contributed by atoms with Crippen molar-refractivity contribution >= 4 is 5.97 Å². The molecule has 13 heavy (non-hydrogen) atoms. The fourth-order valence-electron chi connectivity index (χ4n) is 1.22. The van der Waals surface area contributed by atoms with Gasteiger partial charge in [-0.1, -0.05) is 19.4 Å². The van der Waals surface area contributed by atoms with E-state index in [-0.39, 0.29) is 12.0 Å². The molecule has 0 bridgehead atoms. The van der Waals surface area contributed by atoms with Crippen molar-refractivity contribution in [2.24, 2.45) is 0 Å². The highest BCUT2D eigenvalue weighted by Crippen LogP contribution is 2.06. The van der Waals surface area contributed by atoms with Crippen LogP contribution in [-0.4, -0.2) is 18.6 Å². The quantitative estimate of drug-likeness (QED) is 0.531. The average molecular weight is 183 g/mol. The first-order valence-corrected chi connectivity index (χ1v) is 4.92. The van der Waals surface area contributed by atoms with Crippen LogP contribution in [0.4, 0.5) is 0 Å². The molecule has 1 heterocycles. The van der Waals surface area contributed by atoms with E-state index in [1.165, 1.54) is 0 Å². The molecule has 1 aliphatic rings. The summed E-state index contributed by atoms with van der Waals surface area (Å²) in [4.78, 5) is 11.4. The normalized spacial score (nSPS) is 20.8. The predicted molar refractivity (Wildman–Crippen MR) is 51.2 cm³/mol. The Kier molecular flexibility index (Phi) is 4.36. The van der Waals surface area contributed by atoms with Crippen molar-refractivity contribution in [3.8, 4) is 0 Å².